The topological polar surface area (TPSA) is 18.5 Å². The van der Waals surface area contributed by atoms with E-state index in [1.165, 1.54) is 24.0 Å². The third kappa shape index (κ3) is 5.25. The van der Waals surface area contributed by atoms with Crippen molar-refractivity contribution in [1.29, 1.82) is 0 Å². The van der Waals surface area contributed by atoms with Gasteiger partial charge in [0.2, 0.25) is 0 Å². The molecule has 0 atom stereocenters. The second-order valence-electron chi connectivity index (χ2n) is 6.79. The van der Waals surface area contributed by atoms with Crippen LogP contribution in [-0.2, 0) is 6.54 Å². The second kappa shape index (κ2) is 7.93. The van der Waals surface area contributed by atoms with E-state index in [-0.39, 0.29) is 0 Å². The molecule has 0 amide bonds. The predicted molar refractivity (Wildman–Crippen MR) is 98.3 cm³/mol. The summed E-state index contributed by atoms with van der Waals surface area (Å²) >= 11 is 5.61. The highest BCUT2D eigenvalue weighted by Gasteiger charge is 2.30. The normalized spacial score (nSPS) is 14.5. The first-order valence-electron chi connectivity index (χ1n) is 8.25. The van der Waals surface area contributed by atoms with Gasteiger partial charge in [0, 0.05) is 25.7 Å². The molecule has 1 aromatic rings. The van der Waals surface area contributed by atoms with Crippen molar-refractivity contribution in [2.45, 2.75) is 45.2 Å². The molecular weight excluding hydrogens is 290 g/mol. The molecule has 0 spiro atoms. The molecule has 0 saturated heterocycles. The van der Waals surface area contributed by atoms with E-state index in [0.29, 0.717) is 12.0 Å². The first kappa shape index (κ1) is 17.2. The minimum atomic E-state index is 0.586. The number of hydrogen-bond donors (Lipinski definition) is 1. The van der Waals surface area contributed by atoms with Gasteiger partial charge < -0.3 is 15.1 Å². The van der Waals surface area contributed by atoms with E-state index in [4.69, 9.17) is 12.2 Å². The molecule has 0 unspecified atom stereocenters. The molecule has 1 aliphatic carbocycles. The van der Waals surface area contributed by atoms with Gasteiger partial charge in [0.15, 0.2) is 5.11 Å². The van der Waals surface area contributed by atoms with Crippen molar-refractivity contribution in [2.24, 2.45) is 0 Å². The largest absolute Gasteiger partial charge is 0.361 e. The predicted octanol–water partition coefficient (Wildman–Crippen LogP) is 3.21. The summed E-state index contributed by atoms with van der Waals surface area (Å²) in [7, 11) is 4.17. The minimum Gasteiger partial charge on any atom is -0.361 e. The molecule has 0 heterocycles. The molecule has 3 nitrogen and oxygen atoms in total. The van der Waals surface area contributed by atoms with Crippen LogP contribution in [0.1, 0.15) is 43.7 Å². The van der Waals surface area contributed by atoms with E-state index < -0.39 is 0 Å². The molecule has 4 heteroatoms. The smallest absolute Gasteiger partial charge is 0.169 e. The maximum Gasteiger partial charge on any atom is 0.169 e. The second-order valence-corrected chi connectivity index (χ2v) is 7.18. The lowest BCUT2D eigenvalue weighted by Gasteiger charge is -2.26. The van der Waals surface area contributed by atoms with E-state index in [1.54, 1.807) is 0 Å². The molecule has 22 heavy (non-hydrogen) atoms. The molecule has 1 N–H and O–H groups in total. The molecule has 0 radical (unpaired) electrons. The van der Waals surface area contributed by atoms with Crippen molar-refractivity contribution in [2.75, 3.05) is 27.2 Å². The highest BCUT2D eigenvalue weighted by Crippen LogP contribution is 2.28. The fraction of sp³-hybridized carbons (Fsp3) is 0.611. The summed E-state index contributed by atoms with van der Waals surface area (Å²) in [6, 6.07) is 9.60. The fourth-order valence-corrected chi connectivity index (χ4v) is 2.76. The Hall–Kier alpha value is -1.13. The van der Waals surface area contributed by atoms with Crippen LogP contribution in [0.5, 0.6) is 0 Å². The zero-order valence-corrected chi connectivity index (χ0v) is 15.1. The lowest BCUT2D eigenvalue weighted by molar-refractivity contribution is 0.380. The molecule has 0 aromatic heterocycles. The van der Waals surface area contributed by atoms with Crippen LogP contribution in [0, 0.1) is 0 Å². The van der Waals surface area contributed by atoms with Gasteiger partial charge in [-0.05, 0) is 56.2 Å². The van der Waals surface area contributed by atoms with E-state index in [2.05, 4.69) is 67.3 Å². The third-order valence-electron chi connectivity index (χ3n) is 4.08. The average Bonchev–Trinajstić information content (AvgIpc) is 3.29. The van der Waals surface area contributed by atoms with Crippen LogP contribution >= 0.6 is 12.2 Å². The van der Waals surface area contributed by atoms with Gasteiger partial charge in [0.1, 0.15) is 0 Å². The molecular formula is C18H29N3S. The molecule has 0 aliphatic heterocycles. The lowest BCUT2D eigenvalue weighted by atomic mass is 10.0. The van der Waals surface area contributed by atoms with Gasteiger partial charge in [-0.3, -0.25) is 0 Å². The number of likely N-dealkylation sites (N-methyl/N-ethyl adjacent to an activating group) is 1. The van der Waals surface area contributed by atoms with Crippen molar-refractivity contribution in [1.82, 2.24) is 15.1 Å². The maximum atomic E-state index is 5.61. The zero-order valence-electron chi connectivity index (χ0n) is 14.3. The van der Waals surface area contributed by atoms with Crippen molar-refractivity contribution in [3.05, 3.63) is 35.4 Å². The average molecular weight is 320 g/mol. The third-order valence-corrected chi connectivity index (χ3v) is 4.46. The first-order chi connectivity index (χ1) is 10.5. The molecule has 0 bridgehead atoms. The highest BCUT2D eigenvalue weighted by molar-refractivity contribution is 7.80. The summed E-state index contributed by atoms with van der Waals surface area (Å²) in [4.78, 5) is 4.52. The Balaban J connectivity index is 1.92. The van der Waals surface area contributed by atoms with Crippen LogP contribution in [0.25, 0.3) is 0 Å². The summed E-state index contributed by atoms with van der Waals surface area (Å²) in [6.45, 7) is 7.28. The lowest BCUT2D eigenvalue weighted by Crippen LogP contribution is -2.42. The van der Waals surface area contributed by atoms with Gasteiger partial charge in [0.05, 0.1) is 0 Å². The van der Waals surface area contributed by atoms with Crippen LogP contribution in [-0.4, -0.2) is 48.1 Å². The number of nitrogens with one attached hydrogen (secondary N) is 1. The maximum absolute atomic E-state index is 5.61. The number of hydrogen-bond acceptors (Lipinski definition) is 2. The Morgan fingerprint density at radius 3 is 2.36 bits per heavy atom. The van der Waals surface area contributed by atoms with Gasteiger partial charge in [-0.1, -0.05) is 38.1 Å². The van der Waals surface area contributed by atoms with Gasteiger partial charge in [-0.2, -0.15) is 0 Å². The standard InChI is InChI=1S/C18H29N3S/c1-14(2)16-7-5-15(6-8-16)13-21(17-9-10-17)18(22)19-11-12-20(3)4/h5-8,14,17H,9-13H2,1-4H3,(H,19,22). The highest BCUT2D eigenvalue weighted by atomic mass is 32.1. The number of benzene rings is 1. The first-order valence-corrected chi connectivity index (χ1v) is 8.66. The van der Waals surface area contributed by atoms with Gasteiger partial charge in [-0.25, -0.2) is 0 Å². The summed E-state index contributed by atoms with van der Waals surface area (Å²) in [5, 5.41) is 4.30. The van der Waals surface area contributed by atoms with Crippen molar-refractivity contribution in [3.8, 4) is 0 Å². The monoisotopic (exact) mass is 319 g/mol. The van der Waals surface area contributed by atoms with E-state index in [9.17, 15) is 0 Å². The molecule has 1 fully saturated rings. The SMILES string of the molecule is CC(C)c1ccc(CN(C(=S)NCCN(C)C)C2CC2)cc1. The molecule has 1 aliphatic rings. The fourth-order valence-electron chi connectivity index (χ4n) is 2.45. The quantitative estimate of drug-likeness (QED) is 0.778. The van der Waals surface area contributed by atoms with Crippen LogP contribution < -0.4 is 5.32 Å². The number of nitrogens with zero attached hydrogens (tertiary/aromatic N) is 2. The van der Waals surface area contributed by atoms with Crippen LogP contribution in [0.15, 0.2) is 24.3 Å². The van der Waals surface area contributed by atoms with Crippen LogP contribution in [0.3, 0.4) is 0 Å². The molecule has 1 saturated carbocycles. The summed E-state index contributed by atoms with van der Waals surface area (Å²) < 4.78 is 0. The van der Waals surface area contributed by atoms with Crippen LogP contribution in [0.4, 0.5) is 0 Å². The summed E-state index contributed by atoms with van der Waals surface area (Å²) in [5.41, 5.74) is 2.74. The number of rotatable bonds is 7. The van der Waals surface area contributed by atoms with Gasteiger partial charge in [-0.15, -0.1) is 0 Å². The zero-order chi connectivity index (χ0) is 16.1. The van der Waals surface area contributed by atoms with Gasteiger partial charge >= 0.3 is 0 Å². The van der Waals surface area contributed by atoms with E-state index in [0.717, 1.165) is 24.7 Å². The Morgan fingerprint density at radius 1 is 1.23 bits per heavy atom. The molecule has 2 rings (SSSR count). The van der Waals surface area contributed by atoms with Crippen molar-refractivity contribution in [3.63, 3.8) is 0 Å². The Labute approximate surface area is 140 Å². The van der Waals surface area contributed by atoms with Crippen molar-refractivity contribution < 1.29 is 0 Å². The summed E-state index contributed by atoms with van der Waals surface area (Å²) in [5.74, 6) is 0.586. The van der Waals surface area contributed by atoms with Crippen LogP contribution in [0.2, 0.25) is 0 Å². The van der Waals surface area contributed by atoms with Crippen molar-refractivity contribution >= 4 is 17.3 Å². The van der Waals surface area contributed by atoms with E-state index in [1.807, 2.05) is 0 Å². The Bertz CT molecular complexity index is 478. The molecule has 122 valence electrons. The Kier molecular flexibility index (Phi) is 6.21. The summed E-state index contributed by atoms with van der Waals surface area (Å²) in [6.07, 6.45) is 2.53. The minimum absolute atomic E-state index is 0.586. The Morgan fingerprint density at radius 2 is 1.86 bits per heavy atom. The molecule has 1 aromatic carbocycles. The van der Waals surface area contributed by atoms with Gasteiger partial charge in [0.25, 0.3) is 0 Å². The number of thiocarbonyl (C=S) groups is 1. The van der Waals surface area contributed by atoms with E-state index >= 15 is 0 Å².